The lowest BCUT2D eigenvalue weighted by Gasteiger charge is -2.49. The van der Waals surface area contributed by atoms with Crippen LogP contribution in [-0.4, -0.2) is 60.5 Å². The van der Waals surface area contributed by atoms with Crippen molar-refractivity contribution in [1.29, 1.82) is 0 Å². The second kappa shape index (κ2) is 12.2. The molecule has 0 aromatic heterocycles. The summed E-state index contributed by atoms with van der Waals surface area (Å²) in [4.78, 5) is 33.2. The minimum atomic E-state index is -4.71. The van der Waals surface area contributed by atoms with Crippen molar-refractivity contribution in [1.82, 2.24) is 9.80 Å². The van der Waals surface area contributed by atoms with Gasteiger partial charge in [0.05, 0.1) is 29.4 Å². The lowest BCUT2D eigenvalue weighted by molar-refractivity contribution is -0.193. The van der Waals surface area contributed by atoms with Crippen LogP contribution in [0.3, 0.4) is 0 Å². The van der Waals surface area contributed by atoms with Gasteiger partial charge in [0.1, 0.15) is 12.6 Å². The molecular weight excluding hydrogens is 623 g/mol. The van der Waals surface area contributed by atoms with Crippen molar-refractivity contribution >= 4 is 40.7 Å². The third kappa shape index (κ3) is 5.75. The van der Waals surface area contributed by atoms with E-state index in [4.69, 9.17) is 16.3 Å². The van der Waals surface area contributed by atoms with Gasteiger partial charge in [0, 0.05) is 36.0 Å². The van der Waals surface area contributed by atoms with Crippen LogP contribution in [0.2, 0.25) is 0 Å². The second-order valence-electron chi connectivity index (χ2n) is 11.4. The maximum absolute atomic E-state index is 14.3. The summed E-state index contributed by atoms with van der Waals surface area (Å²) in [6.45, 7) is 0.533. The van der Waals surface area contributed by atoms with Gasteiger partial charge < -0.3 is 14.5 Å². The van der Waals surface area contributed by atoms with Gasteiger partial charge in [-0.25, -0.2) is 0 Å². The monoisotopic (exact) mass is 653 g/mol. The van der Waals surface area contributed by atoms with Crippen molar-refractivity contribution in [3.8, 4) is 0 Å². The predicted octanol–water partition coefficient (Wildman–Crippen LogP) is 7.05. The Morgan fingerprint density at radius 3 is 2.44 bits per heavy atom. The minimum Gasteiger partial charge on any atom is -0.484 e. The fourth-order valence-corrected chi connectivity index (χ4v) is 7.43. The first kappa shape index (κ1) is 31.3. The molecule has 0 N–H and O–H groups in total. The second-order valence-corrected chi connectivity index (χ2v) is 12.9. The van der Waals surface area contributed by atoms with Crippen LogP contribution in [0, 0.1) is 0 Å². The molecular formula is C34H31ClF3N3O3S. The van der Waals surface area contributed by atoms with Gasteiger partial charge in [0.15, 0.2) is 5.76 Å². The summed E-state index contributed by atoms with van der Waals surface area (Å²) >= 11 is 8.21. The highest BCUT2D eigenvalue weighted by atomic mass is 35.5. The molecule has 6 rings (SSSR count). The van der Waals surface area contributed by atoms with Gasteiger partial charge in [-0.1, -0.05) is 72.3 Å². The molecule has 0 bridgehead atoms. The van der Waals surface area contributed by atoms with Crippen molar-refractivity contribution in [3.05, 3.63) is 117 Å². The van der Waals surface area contributed by atoms with Crippen LogP contribution in [0.15, 0.2) is 100 Å². The number of nitrogens with zero attached hydrogens (tertiary/aromatic N) is 3. The van der Waals surface area contributed by atoms with Crippen LogP contribution >= 0.6 is 23.4 Å². The van der Waals surface area contributed by atoms with E-state index in [9.17, 15) is 22.8 Å². The van der Waals surface area contributed by atoms with E-state index in [0.717, 1.165) is 44.7 Å². The summed E-state index contributed by atoms with van der Waals surface area (Å²) in [7, 11) is 3.84. The van der Waals surface area contributed by atoms with Crippen molar-refractivity contribution < 1.29 is 27.5 Å². The zero-order valence-electron chi connectivity index (χ0n) is 24.8. The first-order chi connectivity index (χ1) is 21.5. The fourth-order valence-electron chi connectivity index (χ4n) is 6.15. The molecule has 3 atom stereocenters. The third-order valence-electron chi connectivity index (χ3n) is 8.46. The van der Waals surface area contributed by atoms with Crippen LogP contribution < -0.4 is 4.90 Å². The first-order valence-electron chi connectivity index (χ1n) is 14.4. The molecule has 0 radical (unpaired) electrons. The topological polar surface area (TPSA) is 53.1 Å². The Labute approximate surface area is 269 Å². The van der Waals surface area contributed by atoms with E-state index in [2.05, 4.69) is 0 Å². The summed E-state index contributed by atoms with van der Waals surface area (Å²) in [5.74, 6) is -1.33. The van der Waals surface area contributed by atoms with Gasteiger partial charge in [-0.15, -0.1) is 11.8 Å². The van der Waals surface area contributed by atoms with Gasteiger partial charge in [-0.3, -0.25) is 14.5 Å². The van der Waals surface area contributed by atoms with Crippen LogP contribution in [-0.2, 0) is 26.7 Å². The highest BCUT2D eigenvalue weighted by molar-refractivity contribution is 7.98. The SMILES string of the molecule is C[C@@H](N1CN([C@H]2c3ccccc3SCc3cccc(N(C)C)c32)C2C=C(Cl)C(=O)C(OCc3ccccc3)=C2C1=O)C(F)(F)F. The third-order valence-corrected chi connectivity index (χ3v) is 9.89. The molecule has 11 heteroatoms. The van der Waals surface area contributed by atoms with Crippen LogP contribution in [0.25, 0.3) is 0 Å². The van der Waals surface area contributed by atoms with Gasteiger partial charge in [-0.2, -0.15) is 13.2 Å². The van der Waals surface area contributed by atoms with Crippen LogP contribution in [0.1, 0.15) is 35.2 Å². The molecule has 1 fully saturated rings. The first-order valence-corrected chi connectivity index (χ1v) is 15.8. The summed E-state index contributed by atoms with van der Waals surface area (Å²) in [5.41, 5.74) is 4.29. The summed E-state index contributed by atoms with van der Waals surface area (Å²) in [6, 6.07) is 19.1. The van der Waals surface area contributed by atoms with Gasteiger partial charge in [0.25, 0.3) is 5.91 Å². The van der Waals surface area contributed by atoms with E-state index in [1.165, 1.54) is 6.08 Å². The van der Waals surface area contributed by atoms with Crippen LogP contribution in [0.5, 0.6) is 0 Å². The largest absolute Gasteiger partial charge is 0.484 e. The van der Waals surface area contributed by atoms with Crippen molar-refractivity contribution in [2.75, 3.05) is 25.7 Å². The number of carbonyl (C=O) groups is 2. The summed E-state index contributed by atoms with van der Waals surface area (Å²) in [6.07, 6.45) is -3.24. The number of anilines is 1. The Morgan fingerprint density at radius 2 is 1.73 bits per heavy atom. The number of amides is 1. The zero-order chi connectivity index (χ0) is 32.0. The number of halogens is 4. The lowest BCUT2D eigenvalue weighted by Crippen LogP contribution is -2.61. The Kier molecular flexibility index (Phi) is 8.49. The van der Waals surface area contributed by atoms with E-state index in [1.807, 2.05) is 72.4 Å². The highest BCUT2D eigenvalue weighted by Crippen LogP contribution is 2.49. The number of Topliss-reactive ketones (excluding diaryl/α,β-unsaturated/α-hetero) is 1. The maximum atomic E-state index is 14.3. The maximum Gasteiger partial charge on any atom is 0.408 e. The molecule has 6 nitrogen and oxygen atoms in total. The van der Waals surface area contributed by atoms with E-state index in [0.29, 0.717) is 5.75 Å². The molecule has 3 aliphatic rings. The van der Waals surface area contributed by atoms with E-state index < -0.39 is 36.0 Å². The van der Waals surface area contributed by atoms with Gasteiger partial charge in [0.2, 0.25) is 5.78 Å². The Hall–Kier alpha value is -3.73. The summed E-state index contributed by atoms with van der Waals surface area (Å²) < 4.78 is 49.1. The highest BCUT2D eigenvalue weighted by Gasteiger charge is 2.52. The average molecular weight is 654 g/mol. The number of carbonyl (C=O) groups excluding carboxylic acids is 2. The van der Waals surface area contributed by atoms with E-state index >= 15 is 0 Å². The average Bonchev–Trinajstić information content (AvgIpc) is 3.18. The molecule has 2 aliphatic heterocycles. The number of fused-ring (bicyclic) bond motifs is 3. The molecule has 1 saturated heterocycles. The molecule has 0 saturated carbocycles. The molecule has 0 spiro atoms. The van der Waals surface area contributed by atoms with Crippen molar-refractivity contribution in [2.45, 2.75) is 48.5 Å². The Bertz CT molecular complexity index is 1710. The summed E-state index contributed by atoms with van der Waals surface area (Å²) in [5, 5.41) is -0.153. The molecule has 2 heterocycles. The quantitative estimate of drug-likeness (QED) is 0.284. The van der Waals surface area contributed by atoms with E-state index in [-0.39, 0.29) is 29.6 Å². The van der Waals surface area contributed by atoms with Crippen LogP contribution in [0.4, 0.5) is 18.9 Å². The van der Waals surface area contributed by atoms with Crippen molar-refractivity contribution in [2.24, 2.45) is 0 Å². The number of thioether (sulfide) groups is 1. The molecule has 1 unspecified atom stereocenters. The number of hydrogen-bond donors (Lipinski definition) is 0. The van der Waals surface area contributed by atoms with Gasteiger partial charge in [-0.05, 0) is 41.8 Å². The molecule has 45 heavy (non-hydrogen) atoms. The predicted molar refractivity (Wildman–Crippen MR) is 169 cm³/mol. The molecule has 1 aliphatic carbocycles. The zero-order valence-corrected chi connectivity index (χ0v) is 26.4. The van der Waals surface area contributed by atoms with Crippen molar-refractivity contribution in [3.63, 3.8) is 0 Å². The standard InChI is InChI=1S/C34H31ClF3N3O3S/c1-20(34(36,37)38)40-19-41(26-16-24(35)31(42)32(29(26)33(40)43)44-17-21-10-5-4-6-11-21)30-23-13-7-8-15-27(23)45-18-22-12-9-14-25(28(22)30)39(2)3/h4-16,20,26,30H,17-19H2,1-3H3/t20-,26?,30+/m1/s1. The molecule has 234 valence electrons. The minimum absolute atomic E-state index is 0.0685. The van der Waals surface area contributed by atoms with E-state index in [1.54, 1.807) is 36.0 Å². The lowest BCUT2D eigenvalue weighted by atomic mass is 9.86. The number of allylic oxidation sites excluding steroid dienone is 1. The number of benzene rings is 3. The Balaban J connectivity index is 1.59. The molecule has 1 amide bonds. The number of rotatable bonds is 6. The smallest absolute Gasteiger partial charge is 0.408 e. The number of alkyl halides is 3. The normalized spacial score (nSPS) is 21.0. The Morgan fingerprint density at radius 1 is 1.02 bits per heavy atom. The number of ketones is 1. The molecule has 3 aromatic carbocycles. The van der Waals surface area contributed by atoms with Gasteiger partial charge >= 0.3 is 6.18 Å². The fraction of sp³-hybridized carbons (Fsp3) is 0.294. The number of hydrogen-bond acceptors (Lipinski definition) is 6. The molecule has 3 aromatic rings. The number of ether oxygens (including phenoxy) is 1.